The van der Waals surface area contributed by atoms with Crippen LogP contribution in [0.5, 0.6) is 0 Å². The van der Waals surface area contributed by atoms with E-state index < -0.39 is 11.9 Å². The van der Waals surface area contributed by atoms with Gasteiger partial charge in [0.25, 0.3) is 0 Å². The molecule has 0 amide bonds. The van der Waals surface area contributed by atoms with E-state index in [2.05, 4.69) is 5.16 Å². The van der Waals surface area contributed by atoms with E-state index in [-0.39, 0.29) is 5.56 Å². The maximum absolute atomic E-state index is 12.1. The summed E-state index contributed by atoms with van der Waals surface area (Å²) in [7, 11) is 0. The van der Waals surface area contributed by atoms with Crippen LogP contribution in [0.25, 0.3) is 0 Å². The molecule has 2 nitrogen and oxygen atoms in total. The summed E-state index contributed by atoms with van der Waals surface area (Å²) >= 11 is 0. The maximum atomic E-state index is 12.1. The molecule has 0 aliphatic carbocycles. The average Bonchev–Trinajstić information content (AvgIpc) is 2.05. The van der Waals surface area contributed by atoms with Crippen LogP contribution in [0.4, 0.5) is 13.2 Å². The van der Waals surface area contributed by atoms with Crippen LogP contribution in [0.1, 0.15) is 5.56 Å². The van der Waals surface area contributed by atoms with Crippen LogP contribution < -0.4 is 0 Å². The number of alkyl halides is 3. The fourth-order valence-corrected chi connectivity index (χ4v) is 0.874. The van der Waals surface area contributed by atoms with Gasteiger partial charge < -0.3 is 5.21 Å². The second-order valence-electron chi connectivity index (χ2n) is 2.31. The molecule has 0 aromatic heterocycles. The second-order valence-corrected chi connectivity index (χ2v) is 2.31. The first-order valence-electron chi connectivity index (χ1n) is 3.40. The van der Waals surface area contributed by atoms with E-state index in [1.54, 1.807) is 6.07 Å². The lowest BCUT2D eigenvalue weighted by Gasteiger charge is -2.07. The van der Waals surface area contributed by atoms with Crippen molar-refractivity contribution in [2.75, 3.05) is 0 Å². The van der Waals surface area contributed by atoms with E-state index >= 15 is 0 Å². The number of hydrogen-bond acceptors (Lipinski definition) is 2. The first kappa shape index (κ1) is 9.57. The van der Waals surface area contributed by atoms with Crippen LogP contribution >= 0.6 is 0 Å². The summed E-state index contributed by atoms with van der Waals surface area (Å²) in [6.07, 6.45) is -4.63. The first-order valence-corrected chi connectivity index (χ1v) is 3.40. The molecule has 0 saturated carbocycles. The SMILES string of the molecule is O/N=C(/c1ccccc1)C(F)(F)F. The molecule has 0 spiro atoms. The van der Waals surface area contributed by atoms with Crippen molar-refractivity contribution < 1.29 is 18.4 Å². The Morgan fingerprint density at radius 2 is 1.69 bits per heavy atom. The highest BCUT2D eigenvalue weighted by Crippen LogP contribution is 2.21. The zero-order valence-electron chi connectivity index (χ0n) is 6.42. The highest BCUT2D eigenvalue weighted by Gasteiger charge is 2.37. The number of oxime groups is 1. The third kappa shape index (κ3) is 2.21. The molecule has 0 atom stereocenters. The van der Waals surface area contributed by atoms with Gasteiger partial charge >= 0.3 is 6.18 Å². The fourth-order valence-electron chi connectivity index (χ4n) is 0.874. The van der Waals surface area contributed by atoms with Gasteiger partial charge in [-0.05, 0) is 0 Å². The van der Waals surface area contributed by atoms with E-state index in [1.807, 2.05) is 0 Å². The van der Waals surface area contributed by atoms with Crippen molar-refractivity contribution >= 4 is 5.71 Å². The molecule has 0 unspecified atom stereocenters. The lowest BCUT2D eigenvalue weighted by atomic mass is 10.1. The van der Waals surface area contributed by atoms with Crippen LogP contribution in [0.15, 0.2) is 35.5 Å². The van der Waals surface area contributed by atoms with Gasteiger partial charge in [0.15, 0.2) is 5.71 Å². The van der Waals surface area contributed by atoms with Gasteiger partial charge in [0.05, 0.1) is 0 Å². The highest BCUT2D eigenvalue weighted by molar-refractivity contribution is 6.04. The van der Waals surface area contributed by atoms with Crippen LogP contribution in [-0.4, -0.2) is 17.1 Å². The van der Waals surface area contributed by atoms with Gasteiger partial charge in [-0.3, -0.25) is 0 Å². The molecule has 1 aromatic rings. The Kier molecular flexibility index (Phi) is 2.55. The van der Waals surface area contributed by atoms with Gasteiger partial charge in [-0.1, -0.05) is 35.5 Å². The van der Waals surface area contributed by atoms with Crippen molar-refractivity contribution in [3.63, 3.8) is 0 Å². The quantitative estimate of drug-likeness (QED) is 0.410. The standard InChI is InChI=1S/C8H6F3NO/c9-8(10,11)7(12-13)6-4-2-1-3-5-6/h1-5,13H/b12-7-. The van der Waals surface area contributed by atoms with Crippen molar-refractivity contribution in [2.45, 2.75) is 6.18 Å². The second kappa shape index (κ2) is 3.47. The molecule has 1 N–H and O–H groups in total. The van der Waals surface area contributed by atoms with Gasteiger partial charge in [-0.25, -0.2) is 0 Å². The molecular formula is C8H6F3NO. The molecule has 0 bridgehead atoms. The van der Waals surface area contributed by atoms with Gasteiger partial charge in [0.2, 0.25) is 0 Å². The number of hydrogen-bond donors (Lipinski definition) is 1. The zero-order valence-corrected chi connectivity index (χ0v) is 6.42. The summed E-state index contributed by atoms with van der Waals surface area (Å²) in [5.41, 5.74) is -1.44. The van der Waals surface area contributed by atoms with Gasteiger partial charge in [-0.15, -0.1) is 0 Å². The summed E-state index contributed by atoms with van der Waals surface area (Å²) in [6.45, 7) is 0. The summed E-state index contributed by atoms with van der Waals surface area (Å²) in [4.78, 5) is 0. The Morgan fingerprint density at radius 1 is 1.15 bits per heavy atom. The van der Waals surface area contributed by atoms with E-state index in [0.717, 1.165) is 0 Å². The van der Waals surface area contributed by atoms with Crippen molar-refractivity contribution in [1.29, 1.82) is 0 Å². The lowest BCUT2D eigenvalue weighted by Crippen LogP contribution is -2.23. The normalized spacial score (nSPS) is 13.0. The minimum Gasteiger partial charge on any atom is -0.410 e. The Bertz CT molecular complexity index is 305. The van der Waals surface area contributed by atoms with Gasteiger partial charge in [-0.2, -0.15) is 13.2 Å². The van der Waals surface area contributed by atoms with E-state index in [1.165, 1.54) is 24.3 Å². The minimum atomic E-state index is -4.63. The zero-order chi connectivity index (χ0) is 9.90. The van der Waals surface area contributed by atoms with E-state index in [4.69, 9.17) is 5.21 Å². The van der Waals surface area contributed by atoms with Gasteiger partial charge in [0, 0.05) is 5.56 Å². The molecule has 0 saturated heterocycles. The average molecular weight is 189 g/mol. The molecule has 0 fully saturated rings. The summed E-state index contributed by atoms with van der Waals surface area (Å²) in [5.74, 6) is 0. The Labute approximate surface area is 72.3 Å². The van der Waals surface area contributed by atoms with Crippen molar-refractivity contribution in [3.05, 3.63) is 35.9 Å². The Balaban J connectivity index is 3.08. The monoisotopic (exact) mass is 189 g/mol. The molecule has 1 rings (SSSR count). The predicted molar refractivity (Wildman–Crippen MR) is 40.8 cm³/mol. The maximum Gasteiger partial charge on any atom is 0.437 e. The van der Waals surface area contributed by atoms with Crippen molar-refractivity contribution in [3.8, 4) is 0 Å². The molecule has 0 aliphatic heterocycles. The van der Waals surface area contributed by atoms with Crippen LogP contribution in [0.2, 0.25) is 0 Å². The van der Waals surface area contributed by atoms with E-state index in [0.29, 0.717) is 0 Å². The summed E-state index contributed by atoms with van der Waals surface area (Å²) in [6, 6.07) is 6.90. The van der Waals surface area contributed by atoms with Crippen molar-refractivity contribution in [2.24, 2.45) is 5.16 Å². The number of nitrogens with zero attached hydrogens (tertiary/aromatic N) is 1. The molecule has 0 aliphatic rings. The third-order valence-electron chi connectivity index (χ3n) is 1.42. The third-order valence-corrected chi connectivity index (χ3v) is 1.42. The van der Waals surface area contributed by atoms with Crippen LogP contribution in [0.3, 0.4) is 0 Å². The van der Waals surface area contributed by atoms with Crippen molar-refractivity contribution in [1.82, 2.24) is 0 Å². The number of benzene rings is 1. The Hall–Kier alpha value is -1.52. The summed E-state index contributed by atoms with van der Waals surface area (Å²) in [5, 5.41) is 10.4. The molecule has 13 heavy (non-hydrogen) atoms. The molecular weight excluding hydrogens is 183 g/mol. The Morgan fingerprint density at radius 3 is 2.08 bits per heavy atom. The minimum absolute atomic E-state index is 0.155. The molecule has 0 heterocycles. The van der Waals surface area contributed by atoms with Crippen LogP contribution in [-0.2, 0) is 0 Å². The predicted octanol–water partition coefficient (Wildman–Crippen LogP) is 2.43. The molecule has 1 aromatic carbocycles. The largest absolute Gasteiger partial charge is 0.437 e. The number of rotatable bonds is 1. The first-order chi connectivity index (χ1) is 6.05. The highest BCUT2D eigenvalue weighted by atomic mass is 19.4. The topological polar surface area (TPSA) is 32.6 Å². The van der Waals surface area contributed by atoms with E-state index in [9.17, 15) is 13.2 Å². The molecule has 0 radical (unpaired) electrons. The number of halogens is 3. The smallest absolute Gasteiger partial charge is 0.410 e. The van der Waals surface area contributed by atoms with Gasteiger partial charge in [0.1, 0.15) is 0 Å². The fraction of sp³-hybridized carbons (Fsp3) is 0.125. The summed E-state index contributed by atoms with van der Waals surface area (Å²) < 4.78 is 36.3. The molecule has 70 valence electrons. The van der Waals surface area contributed by atoms with Crippen LogP contribution in [0, 0.1) is 0 Å². The lowest BCUT2D eigenvalue weighted by molar-refractivity contribution is -0.0601. The molecule has 5 heteroatoms.